The predicted octanol–water partition coefficient (Wildman–Crippen LogP) is 2.60. The topological polar surface area (TPSA) is 42.4 Å². The van der Waals surface area contributed by atoms with Crippen LogP contribution in [-0.4, -0.2) is 17.2 Å². The lowest BCUT2D eigenvalue weighted by molar-refractivity contribution is 0.403. The normalized spacial score (nSPS) is 10.4. The average Bonchev–Trinajstić information content (AvgIpc) is 2.18. The van der Waals surface area contributed by atoms with Crippen molar-refractivity contribution in [3.8, 4) is 11.6 Å². The predicted molar refractivity (Wildman–Crippen MR) is 55.0 cm³/mol. The van der Waals surface area contributed by atoms with Crippen LogP contribution in [0, 0.1) is 0 Å². The molecule has 1 N–H and O–H groups in total. The molecular formula is C10H8ClNO2. The minimum atomic E-state index is 0.133. The lowest BCUT2D eigenvalue weighted by atomic mass is 10.1. The summed E-state index contributed by atoms with van der Waals surface area (Å²) >= 11 is 5.91. The van der Waals surface area contributed by atoms with E-state index in [4.69, 9.17) is 16.3 Å². The molecule has 0 bridgehead atoms. The van der Waals surface area contributed by atoms with Crippen LogP contribution >= 0.6 is 11.6 Å². The van der Waals surface area contributed by atoms with Crippen molar-refractivity contribution in [2.24, 2.45) is 0 Å². The first-order valence-electron chi connectivity index (χ1n) is 4.04. The van der Waals surface area contributed by atoms with Gasteiger partial charge in [0.25, 0.3) is 0 Å². The summed E-state index contributed by atoms with van der Waals surface area (Å²) in [7, 11) is 1.53. The van der Waals surface area contributed by atoms with Gasteiger partial charge in [-0.05, 0) is 12.1 Å². The van der Waals surface area contributed by atoms with Crippen molar-refractivity contribution in [3.63, 3.8) is 0 Å². The number of phenols is 1. The van der Waals surface area contributed by atoms with E-state index in [0.717, 1.165) is 0 Å². The van der Waals surface area contributed by atoms with Gasteiger partial charge in [-0.1, -0.05) is 17.7 Å². The summed E-state index contributed by atoms with van der Waals surface area (Å²) < 4.78 is 5.06. The van der Waals surface area contributed by atoms with E-state index in [1.807, 2.05) is 0 Å². The van der Waals surface area contributed by atoms with E-state index < -0.39 is 0 Å². The number of hydrogen-bond acceptors (Lipinski definition) is 3. The van der Waals surface area contributed by atoms with Crippen LogP contribution in [0.4, 0.5) is 0 Å². The molecule has 4 heteroatoms. The number of phenolic OH excluding ortho intramolecular Hbond substituents is 1. The molecule has 0 aliphatic carbocycles. The number of rotatable bonds is 1. The molecule has 14 heavy (non-hydrogen) atoms. The Morgan fingerprint density at radius 1 is 1.43 bits per heavy atom. The van der Waals surface area contributed by atoms with E-state index in [1.54, 1.807) is 18.2 Å². The number of hydrogen-bond donors (Lipinski definition) is 1. The van der Waals surface area contributed by atoms with Crippen LogP contribution in [0.3, 0.4) is 0 Å². The zero-order chi connectivity index (χ0) is 10.1. The number of aromatic nitrogens is 1. The van der Waals surface area contributed by atoms with Gasteiger partial charge in [-0.2, -0.15) is 0 Å². The maximum Gasteiger partial charge on any atom is 0.221 e. The first kappa shape index (κ1) is 9.09. The summed E-state index contributed by atoms with van der Waals surface area (Å²) in [6.45, 7) is 0. The summed E-state index contributed by atoms with van der Waals surface area (Å²) in [6, 6.07) is 5.10. The molecule has 0 fully saturated rings. The van der Waals surface area contributed by atoms with Gasteiger partial charge in [-0.25, -0.2) is 4.98 Å². The van der Waals surface area contributed by atoms with Gasteiger partial charge < -0.3 is 9.84 Å². The van der Waals surface area contributed by atoms with Crippen LogP contribution in [0.1, 0.15) is 0 Å². The third-order valence-corrected chi connectivity index (χ3v) is 2.29. The molecule has 0 aliphatic rings. The van der Waals surface area contributed by atoms with E-state index in [9.17, 15) is 5.11 Å². The Morgan fingerprint density at radius 2 is 2.21 bits per heavy atom. The first-order valence-corrected chi connectivity index (χ1v) is 4.42. The second-order valence-electron chi connectivity index (χ2n) is 2.82. The monoisotopic (exact) mass is 209 g/mol. The fraction of sp³-hybridized carbons (Fsp3) is 0.100. The molecule has 1 aromatic heterocycles. The van der Waals surface area contributed by atoms with Crippen LogP contribution in [-0.2, 0) is 0 Å². The second kappa shape index (κ2) is 3.35. The van der Waals surface area contributed by atoms with Crippen LogP contribution in [0.5, 0.6) is 11.6 Å². The fourth-order valence-corrected chi connectivity index (χ4v) is 1.63. The summed E-state index contributed by atoms with van der Waals surface area (Å²) in [6.07, 6.45) is 1.46. The van der Waals surface area contributed by atoms with Gasteiger partial charge in [0.05, 0.1) is 18.3 Å². The molecule has 0 aliphatic heterocycles. The van der Waals surface area contributed by atoms with E-state index in [-0.39, 0.29) is 5.75 Å². The Kier molecular flexibility index (Phi) is 2.17. The molecule has 0 amide bonds. The number of nitrogens with zero attached hydrogens (tertiary/aromatic N) is 1. The number of fused-ring (bicyclic) bond motifs is 1. The second-order valence-corrected chi connectivity index (χ2v) is 3.22. The van der Waals surface area contributed by atoms with Gasteiger partial charge in [-0.15, -0.1) is 0 Å². The SMILES string of the molecule is COc1ncc(Cl)c2c(O)cccc12. The van der Waals surface area contributed by atoms with Crippen molar-refractivity contribution in [3.05, 3.63) is 29.4 Å². The third-order valence-electron chi connectivity index (χ3n) is 2.00. The van der Waals surface area contributed by atoms with Crippen molar-refractivity contribution in [1.82, 2.24) is 4.98 Å². The molecule has 1 heterocycles. The minimum absolute atomic E-state index is 0.133. The molecular weight excluding hydrogens is 202 g/mol. The molecule has 2 rings (SSSR count). The zero-order valence-electron chi connectivity index (χ0n) is 7.49. The van der Waals surface area contributed by atoms with Crippen molar-refractivity contribution in [1.29, 1.82) is 0 Å². The van der Waals surface area contributed by atoms with Gasteiger partial charge in [0.15, 0.2) is 0 Å². The Morgan fingerprint density at radius 3 is 2.93 bits per heavy atom. The van der Waals surface area contributed by atoms with E-state index in [2.05, 4.69) is 4.98 Å². The first-order chi connectivity index (χ1) is 6.74. The highest BCUT2D eigenvalue weighted by atomic mass is 35.5. The zero-order valence-corrected chi connectivity index (χ0v) is 8.25. The van der Waals surface area contributed by atoms with Crippen molar-refractivity contribution >= 4 is 22.4 Å². The Balaban J connectivity index is 2.91. The van der Waals surface area contributed by atoms with Gasteiger partial charge in [0.2, 0.25) is 5.88 Å². The number of ether oxygens (including phenoxy) is 1. The number of methoxy groups -OCH3 is 1. The van der Waals surface area contributed by atoms with Gasteiger partial charge in [0.1, 0.15) is 5.75 Å². The number of benzene rings is 1. The van der Waals surface area contributed by atoms with Crippen LogP contribution in [0.25, 0.3) is 10.8 Å². The van der Waals surface area contributed by atoms with Crippen molar-refractivity contribution in [2.75, 3.05) is 7.11 Å². The largest absolute Gasteiger partial charge is 0.507 e. The molecule has 0 spiro atoms. The molecule has 2 aromatic rings. The minimum Gasteiger partial charge on any atom is -0.507 e. The van der Waals surface area contributed by atoms with E-state index in [1.165, 1.54) is 13.3 Å². The lowest BCUT2D eigenvalue weighted by Crippen LogP contribution is -1.89. The molecule has 1 aromatic carbocycles. The van der Waals surface area contributed by atoms with Gasteiger partial charge in [0, 0.05) is 10.8 Å². The van der Waals surface area contributed by atoms with Crippen LogP contribution < -0.4 is 4.74 Å². The Bertz CT molecular complexity index is 477. The maximum atomic E-state index is 9.60. The number of aromatic hydroxyl groups is 1. The summed E-state index contributed by atoms with van der Waals surface area (Å²) in [5.74, 6) is 0.591. The molecule has 3 nitrogen and oxygen atoms in total. The van der Waals surface area contributed by atoms with Crippen molar-refractivity contribution in [2.45, 2.75) is 0 Å². The highest BCUT2D eigenvalue weighted by molar-refractivity contribution is 6.36. The maximum absolute atomic E-state index is 9.60. The third kappa shape index (κ3) is 1.26. The summed E-state index contributed by atoms with van der Waals surface area (Å²) in [5.41, 5.74) is 0. The summed E-state index contributed by atoms with van der Waals surface area (Å²) in [5, 5.41) is 11.3. The quantitative estimate of drug-likeness (QED) is 0.785. The highest BCUT2D eigenvalue weighted by Gasteiger charge is 2.09. The fourth-order valence-electron chi connectivity index (χ4n) is 1.38. The van der Waals surface area contributed by atoms with E-state index in [0.29, 0.717) is 21.7 Å². The number of halogens is 1. The number of pyridine rings is 1. The van der Waals surface area contributed by atoms with Crippen LogP contribution in [0.2, 0.25) is 5.02 Å². The lowest BCUT2D eigenvalue weighted by Gasteiger charge is -2.06. The summed E-state index contributed by atoms with van der Waals surface area (Å²) in [4.78, 5) is 4.00. The molecule has 0 atom stereocenters. The molecule has 0 saturated heterocycles. The average molecular weight is 210 g/mol. The Hall–Kier alpha value is -1.48. The standard InChI is InChI=1S/C10H8ClNO2/c1-14-10-6-3-2-4-8(13)9(6)7(11)5-12-10/h2-5,13H,1H3. The Labute approximate surface area is 85.9 Å². The molecule has 0 radical (unpaired) electrons. The van der Waals surface area contributed by atoms with E-state index >= 15 is 0 Å². The van der Waals surface area contributed by atoms with Crippen molar-refractivity contribution < 1.29 is 9.84 Å². The smallest absolute Gasteiger partial charge is 0.221 e. The van der Waals surface area contributed by atoms with Gasteiger partial charge >= 0.3 is 0 Å². The highest BCUT2D eigenvalue weighted by Crippen LogP contribution is 2.34. The van der Waals surface area contributed by atoms with Crippen LogP contribution in [0.15, 0.2) is 24.4 Å². The van der Waals surface area contributed by atoms with Gasteiger partial charge in [-0.3, -0.25) is 0 Å². The molecule has 0 unspecified atom stereocenters. The molecule has 0 saturated carbocycles. The molecule has 72 valence electrons.